The van der Waals surface area contributed by atoms with Gasteiger partial charge in [0.2, 0.25) is 0 Å². The summed E-state index contributed by atoms with van der Waals surface area (Å²) in [6, 6.07) is 10.1. The zero-order chi connectivity index (χ0) is 35.2. The average Bonchev–Trinajstić information content (AvgIpc) is 3.09. The third-order valence-electron chi connectivity index (χ3n) is 7.76. The van der Waals surface area contributed by atoms with Crippen LogP contribution in [0.4, 0.5) is 0 Å². The van der Waals surface area contributed by atoms with Gasteiger partial charge >= 0.3 is 0 Å². The van der Waals surface area contributed by atoms with E-state index < -0.39 is 5.79 Å². The number of methoxy groups -OCH3 is 4. The van der Waals surface area contributed by atoms with Crippen LogP contribution in [0, 0.1) is 0 Å². The van der Waals surface area contributed by atoms with Gasteiger partial charge < -0.3 is 28.4 Å². The summed E-state index contributed by atoms with van der Waals surface area (Å²) in [5.41, 5.74) is 1.09. The van der Waals surface area contributed by atoms with Crippen LogP contribution in [-0.2, 0) is 34.2 Å². The Kier molecular flexibility index (Phi) is 43.1. The van der Waals surface area contributed by atoms with Crippen molar-refractivity contribution >= 4 is 0 Å². The minimum atomic E-state index is -0.573. The van der Waals surface area contributed by atoms with Crippen LogP contribution in [0.3, 0.4) is 0 Å². The smallest absolute Gasteiger partial charge is 0.194 e. The molecule has 0 aliphatic carbocycles. The Morgan fingerprint density at radius 1 is 0.478 bits per heavy atom. The molecule has 0 fully saturated rings. The molecule has 0 heterocycles. The van der Waals surface area contributed by atoms with Gasteiger partial charge in [-0.1, -0.05) is 142 Å². The van der Waals surface area contributed by atoms with Crippen LogP contribution in [0.5, 0.6) is 0 Å². The fraction of sp³-hybridized carbons (Fsp3) is 0.850. The molecule has 0 amide bonds. The number of unbranched alkanes of at least 4 members (excludes halogenated alkanes) is 11. The molecule has 1 rings (SSSR count). The van der Waals surface area contributed by atoms with Gasteiger partial charge in [0.1, 0.15) is 0 Å². The molecule has 6 heteroatoms. The van der Waals surface area contributed by atoms with Crippen LogP contribution in [-0.4, -0.2) is 54.2 Å². The zero-order valence-electron chi connectivity index (χ0n) is 32.6. The second-order valence-electron chi connectivity index (χ2n) is 11.6. The van der Waals surface area contributed by atoms with Crippen molar-refractivity contribution in [1.82, 2.24) is 0 Å². The Hall–Kier alpha value is -1.02. The summed E-state index contributed by atoms with van der Waals surface area (Å²) in [7, 11) is 6.80. The predicted molar refractivity (Wildman–Crippen MR) is 198 cm³/mol. The number of benzene rings is 1. The summed E-state index contributed by atoms with van der Waals surface area (Å²) in [6.45, 7) is 16.6. The van der Waals surface area contributed by atoms with E-state index in [-0.39, 0.29) is 12.6 Å². The van der Waals surface area contributed by atoms with Crippen molar-refractivity contribution in [2.24, 2.45) is 0 Å². The van der Waals surface area contributed by atoms with Gasteiger partial charge in [0, 0.05) is 53.6 Å². The van der Waals surface area contributed by atoms with Crippen LogP contribution in [0.1, 0.15) is 170 Å². The Bertz CT molecular complexity index is 638. The quantitative estimate of drug-likeness (QED) is 0.0730. The third-order valence-corrected chi connectivity index (χ3v) is 7.76. The van der Waals surface area contributed by atoms with Crippen molar-refractivity contribution in [3.63, 3.8) is 0 Å². The second-order valence-corrected chi connectivity index (χ2v) is 11.6. The molecule has 0 aromatic heterocycles. The van der Waals surface area contributed by atoms with Gasteiger partial charge in [-0.15, -0.1) is 0 Å². The lowest BCUT2D eigenvalue weighted by Gasteiger charge is -2.31. The van der Waals surface area contributed by atoms with Crippen molar-refractivity contribution in [3.8, 4) is 0 Å². The molecule has 0 N–H and O–H groups in total. The summed E-state index contributed by atoms with van der Waals surface area (Å²) >= 11 is 0. The molecule has 0 bridgehead atoms. The molecule has 0 aliphatic heterocycles. The fourth-order valence-electron chi connectivity index (χ4n) is 4.86. The van der Waals surface area contributed by atoms with Crippen molar-refractivity contribution in [3.05, 3.63) is 35.9 Å². The van der Waals surface area contributed by atoms with Gasteiger partial charge in [0.15, 0.2) is 18.4 Å². The van der Waals surface area contributed by atoms with E-state index in [9.17, 15) is 0 Å². The lowest BCUT2D eigenvalue weighted by atomic mass is 9.99. The molecule has 0 atom stereocenters. The highest BCUT2D eigenvalue weighted by atomic mass is 16.7. The topological polar surface area (TPSA) is 55.4 Å². The Morgan fingerprint density at radius 2 is 0.870 bits per heavy atom. The lowest BCUT2D eigenvalue weighted by Crippen LogP contribution is -2.30. The molecule has 46 heavy (non-hydrogen) atoms. The maximum Gasteiger partial charge on any atom is 0.194 e. The number of hydrogen-bond donors (Lipinski definition) is 0. The SMILES string of the molecule is CCCCCC.CCCCCC(OC)(OC)c1ccccc1.CCCCCCC(OC)OC.CCCCCCC(OCC)OCC. The van der Waals surface area contributed by atoms with E-state index >= 15 is 0 Å². The van der Waals surface area contributed by atoms with E-state index in [4.69, 9.17) is 28.4 Å². The normalized spacial score (nSPS) is 11.0. The summed E-state index contributed by atoms with van der Waals surface area (Å²) in [4.78, 5) is 0. The van der Waals surface area contributed by atoms with Crippen LogP contribution >= 0.6 is 0 Å². The first-order valence-corrected chi connectivity index (χ1v) is 18.8. The third kappa shape index (κ3) is 30.3. The van der Waals surface area contributed by atoms with Crippen LogP contribution in [0.15, 0.2) is 30.3 Å². The molecule has 1 aromatic carbocycles. The first-order chi connectivity index (χ1) is 22.4. The van der Waals surface area contributed by atoms with E-state index in [1.807, 2.05) is 32.0 Å². The maximum absolute atomic E-state index is 5.60. The molecular formula is C40H80O6. The van der Waals surface area contributed by atoms with E-state index in [1.165, 1.54) is 89.9 Å². The lowest BCUT2D eigenvalue weighted by molar-refractivity contribution is -0.221. The molecule has 6 nitrogen and oxygen atoms in total. The van der Waals surface area contributed by atoms with Crippen molar-refractivity contribution < 1.29 is 28.4 Å². The number of ether oxygens (including phenoxy) is 6. The Morgan fingerprint density at radius 3 is 1.24 bits per heavy atom. The fourth-order valence-corrected chi connectivity index (χ4v) is 4.86. The van der Waals surface area contributed by atoms with E-state index in [0.717, 1.165) is 44.5 Å². The minimum absolute atomic E-state index is 0.00635. The van der Waals surface area contributed by atoms with Gasteiger partial charge in [-0.2, -0.15) is 0 Å². The van der Waals surface area contributed by atoms with E-state index in [2.05, 4.69) is 46.8 Å². The average molecular weight is 657 g/mol. The van der Waals surface area contributed by atoms with Gasteiger partial charge in [-0.25, -0.2) is 0 Å². The molecule has 0 saturated carbocycles. The zero-order valence-corrected chi connectivity index (χ0v) is 32.6. The maximum atomic E-state index is 5.60. The summed E-state index contributed by atoms with van der Waals surface area (Å²) < 4.78 is 32.2. The van der Waals surface area contributed by atoms with Crippen LogP contribution < -0.4 is 0 Å². The summed E-state index contributed by atoms with van der Waals surface area (Å²) in [5, 5.41) is 0. The second kappa shape index (κ2) is 40.2. The molecule has 0 unspecified atom stereocenters. The van der Waals surface area contributed by atoms with E-state index in [0.29, 0.717) is 0 Å². The molecule has 0 saturated heterocycles. The predicted octanol–water partition coefficient (Wildman–Crippen LogP) is 12.2. The van der Waals surface area contributed by atoms with Gasteiger partial charge in [0.05, 0.1) is 0 Å². The molecular weight excluding hydrogens is 576 g/mol. The van der Waals surface area contributed by atoms with Crippen molar-refractivity contribution in [2.45, 2.75) is 182 Å². The first kappa shape index (κ1) is 49.4. The Labute approximate surface area is 288 Å². The molecule has 276 valence electrons. The largest absolute Gasteiger partial charge is 0.356 e. The van der Waals surface area contributed by atoms with Crippen molar-refractivity contribution in [1.29, 1.82) is 0 Å². The van der Waals surface area contributed by atoms with E-state index in [1.54, 1.807) is 28.4 Å². The highest BCUT2D eigenvalue weighted by molar-refractivity contribution is 5.20. The monoisotopic (exact) mass is 657 g/mol. The van der Waals surface area contributed by atoms with Gasteiger partial charge in [0.25, 0.3) is 0 Å². The first-order valence-electron chi connectivity index (χ1n) is 18.8. The molecule has 0 spiro atoms. The molecule has 0 aliphatic rings. The van der Waals surface area contributed by atoms with Gasteiger partial charge in [-0.05, 0) is 46.0 Å². The highest BCUT2D eigenvalue weighted by Crippen LogP contribution is 2.31. The summed E-state index contributed by atoms with van der Waals surface area (Å²) in [6.07, 6.45) is 22.3. The van der Waals surface area contributed by atoms with Gasteiger partial charge in [-0.3, -0.25) is 0 Å². The molecule has 1 aromatic rings. The highest BCUT2D eigenvalue weighted by Gasteiger charge is 2.30. The van der Waals surface area contributed by atoms with Crippen molar-refractivity contribution in [2.75, 3.05) is 41.7 Å². The summed E-state index contributed by atoms with van der Waals surface area (Å²) in [5.74, 6) is -0.573. The standard InChI is InChI=1S/C14H22O2.C11H24O2.C9H20O2.C6H14/c1-4-5-9-12-14(15-2,16-3)13-10-7-6-8-11-13;1-4-7-8-9-10-11(12-5-2)13-6-3;1-4-5-6-7-8-9(10-2)11-3;1-3-5-6-4-2/h6-8,10-11H,4-5,9,12H2,1-3H3;11H,4-10H2,1-3H3;9H,4-8H2,1-3H3;3-6H2,1-2H3. The number of hydrogen-bond acceptors (Lipinski definition) is 6. The number of rotatable bonds is 26. The molecule has 0 radical (unpaired) electrons. The minimum Gasteiger partial charge on any atom is -0.356 e. The van der Waals surface area contributed by atoms with Crippen LogP contribution in [0.2, 0.25) is 0 Å². The van der Waals surface area contributed by atoms with Crippen LogP contribution in [0.25, 0.3) is 0 Å². The Balaban J connectivity index is -0.000000562.